The van der Waals surface area contributed by atoms with E-state index in [9.17, 15) is 0 Å². The largest absolute Gasteiger partial charge is 0.307 e. The first-order valence-corrected chi connectivity index (χ1v) is 18.0. The summed E-state index contributed by atoms with van der Waals surface area (Å²) < 4.78 is 7.32. The summed E-state index contributed by atoms with van der Waals surface area (Å²) in [6.45, 7) is 0. The molecule has 6 aromatic carbocycles. The molecule has 4 nitrogen and oxygen atoms in total. The first kappa shape index (κ1) is 28.3. The lowest BCUT2D eigenvalue weighted by molar-refractivity contribution is 1.08. The molecule has 0 bridgehead atoms. The highest BCUT2D eigenvalue weighted by Crippen LogP contribution is 2.43. The van der Waals surface area contributed by atoms with Gasteiger partial charge in [-0.1, -0.05) is 97.1 Å². The van der Waals surface area contributed by atoms with Crippen LogP contribution in [0.1, 0.15) is 0 Å². The van der Waals surface area contributed by atoms with Crippen LogP contribution in [-0.4, -0.2) is 19.1 Å². The van der Waals surface area contributed by atoms with Crippen molar-refractivity contribution in [3.63, 3.8) is 0 Å². The molecule has 5 heterocycles. The summed E-state index contributed by atoms with van der Waals surface area (Å²) in [4.78, 5) is 10.3. The van der Waals surface area contributed by atoms with Gasteiger partial charge < -0.3 is 4.57 Å². The van der Waals surface area contributed by atoms with E-state index >= 15 is 0 Å². The maximum atomic E-state index is 5.33. The molecular formula is C46H28N4S. The van der Waals surface area contributed by atoms with E-state index in [1.54, 1.807) is 0 Å². The fourth-order valence-electron chi connectivity index (χ4n) is 7.93. The van der Waals surface area contributed by atoms with Crippen LogP contribution in [0.2, 0.25) is 0 Å². The highest BCUT2D eigenvalue weighted by atomic mass is 32.1. The summed E-state index contributed by atoms with van der Waals surface area (Å²) in [5.74, 6) is 0.890. The minimum absolute atomic E-state index is 0.890. The number of pyridine rings is 2. The zero-order chi connectivity index (χ0) is 33.5. The first-order valence-electron chi connectivity index (χ1n) is 17.2. The van der Waals surface area contributed by atoms with Crippen molar-refractivity contribution in [1.29, 1.82) is 0 Å². The van der Waals surface area contributed by atoms with Gasteiger partial charge in [0.2, 0.25) is 0 Å². The highest BCUT2D eigenvalue weighted by Gasteiger charge is 2.21. The molecule has 0 aliphatic carbocycles. The topological polar surface area (TPSA) is 35.6 Å². The Kier molecular flexibility index (Phi) is 6.09. The quantitative estimate of drug-likeness (QED) is 0.187. The van der Waals surface area contributed by atoms with Crippen LogP contribution in [0.4, 0.5) is 0 Å². The number of aromatic nitrogens is 4. The molecule has 0 amide bonds. The average Bonchev–Trinajstić information content (AvgIpc) is 3.86. The predicted octanol–water partition coefficient (Wildman–Crippen LogP) is 12.4. The molecule has 5 aromatic heterocycles. The molecule has 0 spiro atoms. The number of rotatable bonds is 4. The van der Waals surface area contributed by atoms with Crippen molar-refractivity contribution >= 4 is 75.3 Å². The zero-order valence-corrected chi connectivity index (χ0v) is 28.2. The van der Waals surface area contributed by atoms with E-state index < -0.39 is 0 Å². The maximum absolute atomic E-state index is 5.33. The van der Waals surface area contributed by atoms with Gasteiger partial charge >= 0.3 is 0 Å². The molecule has 0 aliphatic heterocycles. The standard InChI is InChI=1S/C46H28N4S/c1-3-12-29(13-4-1)31-26-37(30-14-5-2-6-15-30)48-43(27-31)50-38-18-9-7-16-33(38)36-28-32(21-23-39(36)50)49-40-19-11-25-47-45(40)35-22-24-42-44(46(35)49)34-17-8-10-20-41(34)51-42/h1-28H. The van der Waals surface area contributed by atoms with Gasteiger partial charge in [0.1, 0.15) is 5.82 Å². The number of fused-ring (bicyclic) bond motifs is 10. The number of hydrogen-bond acceptors (Lipinski definition) is 3. The third-order valence-electron chi connectivity index (χ3n) is 10.2. The Morgan fingerprint density at radius 1 is 0.451 bits per heavy atom. The first-order chi connectivity index (χ1) is 25.3. The number of benzene rings is 6. The number of nitrogens with zero attached hydrogens (tertiary/aromatic N) is 4. The molecule has 0 saturated heterocycles. The van der Waals surface area contributed by atoms with Gasteiger partial charge in [0.15, 0.2) is 0 Å². The lowest BCUT2D eigenvalue weighted by atomic mass is 10.0. The van der Waals surface area contributed by atoms with E-state index in [0.717, 1.165) is 56.0 Å². The SMILES string of the molecule is c1ccc(-c2cc(-c3ccccc3)nc(-n3c4ccccc4c4cc(-n5c6cccnc6c6ccc7sc8ccccc8c7c65)ccc43)c2)cc1. The number of hydrogen-bond donors (Lipinski definition) is 0. The fraction of sp³-hybridized carbons (Fsp3) is 0. The van der Waals surface area contributed by atoms with Gasteiger partial charge in [0.25, 0.3) is 0 Å². The van der Waals surface area contributed by atoms with E-state index in [2.05, 4.69) is 167 Å². The normalized spacial score (nSPS) is 11.9. The van der Waals surface area contributed by atoms with Gasteiger partial charge in [-0.15, -0.1) is 11.3 Å². The summed E-state index contributed by atoms with van der Waals surface area (Å²) in [6.07, 6.45) is 1.90. The fourth-order valence-corrected chi connectivity index (χ4v) is 9.04. The van der Waals surface area contributed by atoms with Crippen LogP contribution in [0.15, 0.2) is 170 Å². The van der Waals surface area contributed by atoms with Crippen LogP contribution >= 0.6 is 11.3 Å². The molecular weight excluding hydrogens is 641 g/mol. The molecule has 0 atom stereocenters. The second-order valence-corrected chi connectivity index (χ2v) is 14.1. The molecule has 51 heavy (non-hydrogen) atoms. The van der Waals surface area contributed by atoms with Gasteiger partial charge in [-0.2, -0.15) is 0 Å². The van der Waals surface area contributed by atoms with E-state index in [4.69, 9.17) is 9.97 Å². The van der Waals surface area contributed by atoms with Gasteiger partial charge in [-0.3, -0.25) is 9.55 Å². The summed E-state index contributed by atoms with van der Waals surface area (Å²) in [5.41, 5.74) is 11.0. The molecule has 5 heteroatoms. The van der Waals surface area contributed by atoms with Crippen LogP contribution in [0.5, 0.6) is 0 Å². The third kappa shape index (κ3) is 4.25. The summed E-state index contributed by atoms with van der Waals surface area (Å²) in [6, 6.07) is 58.5. The monoisotopic (exact) mass is 668 g/mol. The number of thiophene rings is 1. The van der Waals surface area contributed by atoms with Crippen LogP contribution in [0.3, 0.4) is 0 Å². The molecule has 0 radical (unpaired) electrons. The highest BCUT2D eigenvalue weighted by molar-refractivity contribution is 7.26. The van der Waals surface area contributed by atoms with Crippen molar-refractivity contribution in [1.82, 2.24) is 19.1 Å². The Morgan fingerprint density at radius 2 is 1.18 bits per heavy atom. The lowest BCUT2D eigenvalue weighted by Gasteiger charge is -2.13. The third-order valence-corrected chi connectivity index (χ3v) is 11.3. The molecule has 11 rings (SSSR count). The molecule has 11 aromatic rings. The van der Waals surface area contributed by atoms with E-state index in [0.29, 0.717) is 0 Å². The lowest BCUT2D eigenvalue weighted by Crippen LogP contribution is -2.00. The van der Waals surface area contributed by atoms with Crippen LogP contribution in [0.25, 0.3) is 97.8 Å². The molecule has 238 valence electrons. The van der Waals surface area contributed by atoms with Gasteiger partial charge in [0, 0.05) is 53.8 Å². The van der Waals surface area contributed by atoms with Crippen molar-refractivity contribution in [2.75, 3.05) is 0 Å². The van der Waals surface area contributed by atoms with Gasteiger partial charge in [-0.05, 0) is 77.9 Å². The van der Waals surface area contributed by atoms with Crippen molar-refractivity contribution in [3.8, 4) is 33.9 Å². The average molecular weight is 669 g/mol. The Labute approximate surface area is 297 Å². The van der Waals surface area contributed by atoms with Gasteiger partial charge in [0.05, 0.1) is 33.3 Å². The Hall–Kier alpha value is -6.56. The second kappa shape index (κ2) is 11.0. The van der Waals surface area contributed by atoms with Crippen molar-refractivity contribution in [2.24, 2.45) is 0 Å². The van der Waals surface area contributed by atoms with E-state index in [-0.39, 0.29) is 0 Å². The minimum Gasteiger partial charge on any atom is -0.307 e. The smallest absolute Gasteiger partial charge is 0.138 e. The maximum Gasteiger partial charge on any atom is 0.138 e. The van der Waals surface area contributed by atoms with E-state index in [1.165, 1.54) is 41.8 Å². The Morgan fingerprint density at radius 3 is 2.04 bits per heavy atom. The predicted molar refractivity (Wildman–Crippen MR) is 214 cm³/mol. The van der Waals surface area contributed by atoms with Crippen molar-refractivity contribution in [3.05, 3.63) is 170 Å². The van der Waals surface area contributed by atoms with Crippen LogP contribution in [-0.2, 0) is 0 Å². The summed E-state index contributed by atoms with van der Waals surface area (Å²) in [5, 5.41) is 6.09. The molecule has 0 saturated carbocycles. The van der Waals surface area contributed by atoms with Crippen molar-refractivity contribution in [2.45, 2.75) is 0 Å². The van der Waals surface area contributed by atoms with Crippen LogP contribution < -0.4 is 0 Å². The molecule has 0 N–H and O–H groups in total. The van der Waals surface area contributed by atoms with Gasteiger partial charge in [-0.25, -0.2) is 4.98 Å². The molecule has 0 unspecified atom stereocenters. The second-order valence-electron chi connectivity index (χ2n) is 13.0. The summed E-state index contributed by atoms with van der Waals surface area (Å²) in [7, 11) is 0. The van der Waals surface area contributed by atoms with E-state index in [1.807, 2.05) is 23.6 Å². The molecule has 0 aliphatic rings. The Balaban J connectivity index is 1.21. The van der Waals surface area contributed by atoms with Crippen molar-refractivity contribution < 1.29 is 0 Å². The molecule has 0 fully saturated rings. The number of para-hydroxylation sites is 1. The van der Waals surface area contributed by atoms with Crippen LogP contribution in [0, 0.1) is 0 Å². The Bertz CT molecular complexity index is 3080. The minimum atomic E-state index is 0.890. The zero-order valence-electron chi connectivity index (χ0n) is 27.4. The summed E-state index contributed by atoms with van der Waals surface area (Å²) >= 11 is 1.85.